The molecule has 0 fully saturated rings. The maximum atomic E-state index is 13.0. The Bertz CT molecular complexity index is 978. The minimum atomic E-state index is -2.37. The molecule has 3 aromatic heterocycles. The zero-order valence-electron chi connectivity index (χ0n) is 13.5. The van der Waals surface area contributed by atoms with Crippen molar-refractivity contribution in [2.45, 2.75) is 32.1 Å². The molecule has 128 valence electrons. The summed E-state index contributed by atoms with van der Waals surface area (Å²) in [7, 11) is 0. The molecular weight excluding hydrogens is 326 g/mol. The Labute approximate surface area is 142 Å². The fraction of sp³-hybridized carbons (Fsp3) is 0.294. The quantitative estimate of drug-likeness (QED) is 0.788. The summed E-state index contributed by atoms with van der Waals surface area (Å²) in [6, 6.07) is 5.53. The van der Waals surface area contributed by atoms with Crippen LogP contribution in [0.5, 0.6) is 0 Å². The van der Waals surface area contributed by atoms with Gasteiger partial charge in [0.15, 0.2) is 0 Å². The van der Waals surface area contributed by atoms with E-state index < -0.39 is 6.43 Å². The SMILES string of the molecule is CC1=Nc2ccc(-c3ccn4nc(N)ncc34)nc2C(CC(F)F)C1. The maximum absolute atomic E-state index is 13.0. The van der Waals surface area contributed by atoms with E-state index in [0.29, 0.717) is 23.5 Å². The number of alkyl halides is 2. The monoisotopic (exact) mass is 342 g/mol. The van der Waals surface area contributed by atoms with Crippen molar-refractivity contribution >= 4 is 22.9 Å². The zero-order valence-corrected chi connectivity index (χ0v) is 13.5. The van der Waals surface area contributed by atoms with Crippen LogP contribution in [0.1, 0.15) is 31.4 Å². The van der Waals surface area contributed by atoms with Gasteiger partial charge in [-0.3, -0.25) is 9.98 Å². The summed E-state index contributed by atoms with van der Waals surface area (Å²) < 4.78 is 27.5. The van der Waals surface area contributed by atoms with Crippen LogP contribution in [0.4, 0.5) is 20.4 Å². The molecule has 1 atom stereocenters. The number of aromatic nitrogens is 4. The minimum Gasteiger partial charge on any atom is -0.367 e. The van der Waals surface area contributed by atoms with Crippen LogP contribution in [0.25, 0.3) is 16.8 Å². The van der Waals surface area contributed by atoms with Crippen LogP contribution in [0.15, 0.2) is 35.6 Å². The number of hydrogen-bond acceptors (Lipinski definition) is 5. The molecule has 0 spiro atoms. The second-order valence-electron chi connectivity index (χ2n) is 6.15. The standard InChI is InChI=1S/C17H16F2N6/c1-9-6-10(7-15(18)19)16-13(22-9)3-2-12(23-16)11-4-5-25-14(11)8-21-17(20)24-25/h2-5,8,10,15H,6-7H2,1H3,(H2,20,24). The molecule has 6 nitrogen and oxygen atoms in total. The number of nitrogen functional groups attached to an aromatic ring is 1. The molecule has 1 aliphatic heterocycles. The minimum absolute atomic E-state index is 0.176. The zero-order chi connectivity index (χ0) is 17.6. The lowest BCUT2D eigenvalue weighted by Gasteiger charge is -2.23. The Balaban J connectivity index is 1.82. The molecule has 2 N–H and O–H groups in total. The molecule has 0 bridgehead atoms. The Morgan fingerprint density at radius 2 is 2.16 bits per heavy atom. The highest BCUT2D eigenvalue weighted by Gasteiger charge is 2.26. The van der Waals surface area contributed by atoms with E-state index in [1.54, 1.807) is 16.9 Å². The predicted octanol–water partition coefficient (Wildman–Crippen LogP) is 3.61. The number of anilines is 1. The van der Waals surface area contributed by atoms with Crippen molar-refractivity contribution in [1.29, 1.82) is 0 Å². The molecule has 8 heteroatoms. The van der Waals surface area contributed by atoms with Crippen molar-refractivity contribution in [3.63, 3.8) is 0 Å². The van der Waals surface area contributed by atoms with Gasteiger partial charge < -0.3 is 5.73 Å². The molecule has 0 saturated carbocycles. The van der Waals surface area contributed by atoms with Crippen LogP contribution in [0.3, 0.4) is 0 Å². The van der Waals surface area contributed by atoms with Crippen LogP contribution in [0, 0.1) is 0 Å². The predicted molar refractivity (Wildman–Crippen MR) is 91.4 cm³/mol. The van der Waals surface area contributed by atoms with E-state index in [2.05, 4.69) is 20.1 Å². The molecule has 3 aromatic rings. The number of rotatable bonds is 3. The second-order valence-corrected chi connectivity index (χ2v) is 6.15. The van der Waals surface area contributed by atoms with Gasteiger partial charge in [-0.15, -0.1) is 5.10 Å². The van der Waals surface area contributed by atoms with Crippen molar-refractivity contribution in [1.82, 2.24) is 19.6 Å². The molecule has 0 aliphatic carbocycles. The number of fused-ring (bicyclic) bond motifs is 2. The lowest BCUT2D eigenvalue weighted by atomic mass is 9.91. The van der Waals surface area contributed by atoms with Crippen molar-refractivity contribution < 1.29 is 8.78 Å². The molecule has 0 saturated heterocycles. The molecule has 25 heavy (non-hydrogen) atoms. The summed E-state index contributed by atoms with van der Waals surface area (Å²) in [4.78, 5) is 13.1. The normalized spacial score (nSPS) is 17.0. The highest BCUT2D eigenvalue weighted by atomic mass is 19.3. The molecule has 4 rings (SSSR count). The third-order valence-corrected chi connectivity index (χ3v) is 4.32. The van der Waals surface area contributed by atoms with Gasteiger partial charge in [0.2, 0.25) is 12.4 Å². The number of nitrogens with zero attached hydrogens (tertiary/aromatic N) is 5. The average Bonchev–Trinajstić information content (AvgIpc) is 2.96. The summed E-state index contributed by atoms with van der Waals surface area (Å²) in [5.41, 5.74) is 10.0. The van der Waals surface area contributed by atoms with Crippen molar-refractivity contribution in [2.75, 3.05) is 5.73 Å². The Hall–Kier alpha value is -2.90. The van der Waals surface area contributed by atoms with E-state index in [1.807, 2.05) is 25.1 Å². The number of halogens is 2. The van der Waals surface area contributed by atoms with Crippen LogP contribution >= 0.6 is 0 Å². The first kappa shape index (κ1) is 15.6. The fourth-order valence-corrected chi connectivity index (χ4v) is 3.26. The third-order valence-electron chi connectivity index (χ3n) is 4.32. The second kappa shape index (κ2) is 5.87. The maximum Gasteiger partial charge on any atom is 0.239 e. The highest BCUT2D eigenvalue weighted by Crippen LogP contribution is 2.38. The van der Waals surface area contributed by atoms with Gasteiger partial charge in [-0.2, -0.15) is 0 Å². The van der Waals surface area contributed by atoms with Gasteiger partial charge in [0, 0.05) is 29.8 Å². The average molecular weight is 342 g/mol. The van der Waals surface area contributed by atoms with E-state index in [0.717, 1.165) is 16.8 Å². The highest BCUT2D eigenvalue weighted by molar-refractivity contribution is 5.88. The summed E-state index contributed by atoms with van der Waals surface area (Å²) in [5, 5.41) is 4.11. The molecule has 1 unspecified atom stereocenters. The Kier molecular flexibility index (Phi) is 3.67. The van der Waals surface area contributed by atoms with Crippen LogP contribution in [-0.4, -0.2) is 31.7 Å². The van der Waals surface area contributed by atoms with E-state index in [9.17, 15) is 8.78 Å². The van der Waals surface area contributed by atoms with Gasteiger partial charge in [0.25, 0.3) is 0 Å². The molecule has 4 heterocycles. The van der Waals surface area contributed by atoms with Gasteiger partial charge in [0.05, 0.1) is 28.8 Å². The number of aliphatic imine (C=N–C) groups is 1. The Morgan fingerprint density at radius 3 is 2.96 bits per heavy atom. The number of nitrogens with two attached hydrogens (primary N) is 1. The molecule has 1 aliphatic rings. The molecule has 0 amide bonds. The lowest BCUT2D eigenvalue weighted by molar-refractivity contribution is 0.128. The smallest absolute Gasteiger partial charge is 0.239 e. The van der Waals surface area contributed by atoms with E-state index in [-0.39, 0.29) is 18.3 Å². The molecule has 0 aromatic carbocycles. The summed E-state index contributed by atoms with van der Waals surface area (Å²) in [5.74, 6) is -0.150. The van der Waals surface area contributed by atoms with E-state index in [4.69, 9.17) is 5.73 Å². The fourth-order valence-electron chi connectivity index (χ4n) is 3.26. The molecular formula is C17H16F2N6. The number of hydrogen-bond donors (Lipinski definition) is 1. The Morgan fingerprint density at radius 1 is 1.32 bits per heavy atom. The van der Waals surface area contributed by atoms with Crippen molar-refractivity contribution in [3.05, 3.63) is 36.3 Å². The summed E-state index contributed by atoms with van der Waals surface area (Å²) >= 11 is 0. The van der Waals surface area contributed by atoms with Crippen molar-refractivity contribution in [3.8, 4) is 11.3 Å². The first-order valence-corrected chi connectivity index (χ1v) is 7.95. The first-order valence-electron chi connectivity index (χ1n) is 7.95. The largest absolute Gasteiger partial charge is 0.367 e. The topological polar surface area (TPSA) is 81.5 Å². The number of pyridine rings is 1. The van der Waals surface area contributed by atoms with E-state index in [1.165, 1.54) is 0 Å². The van der Waals surface area contributed by atoms with Gasteiger partial charge in [-0.05, 0) is 31.5 Å². The third kappa shape index (κ3) is 2.84. The van der Waals surface area contributed by atoms with Gasteiger partial charge >= 0.3 is 0 Å². The molecule has 0 radical (unpaired) electrons. The van der Waals surface area contributed by atoms with Gasteiger partial charge in [-0.1, -0.05) is 0 Å². The lowest BCUT2D eigenvalue weighted by Crippen LogP contribution is -2.14. The van der Waals surface area contributed by atoms with Gasteiger partial charge in [-0.25, -0.2) is 18.3 Å². The van der Waals surface area contributed by atoms with Crippen LogP contribution < -0.4 is 5.73 Å². The van der Waals surface area contributed by atoms with Crippen LogP contribution in [-0.2, 0) is 0 Å². The van der Waals surface area contributed by atoms with E-state index >= 15 is 0 Å². The van der Waals surface area contributed by atoms with Gasteiger partial charge in [0.1, 0.15) is 0 Å². The summed E-state index contributed by atoms with van der Waals surface area (Å²) in [6.45, 7) is 1.86. The summed E-state index contributed by atoms with van der Waals surface area (Å²) in [6.07, 6.45) is 1.30. The van der Waals surface area contributed by atoms with Crippen LogP contribution in [0.2, 0.25) is 0 Å². The first-order chi connectivity index (χ1) is 12.0. The van der Waals surface area contributed by atoms with Crippen molar-refractivity contribution in [2.24, 2.45) is 4.99 Å².